The van der Waals surface area contributed by atoms with Gasteiger partial charge in [-0.1, -0.05) is 24.3 Å². The van der Waals surface area contributed by atoms with Gasteiger partial charge < -0.3 is 5.32 Å². The molecule has 204 valence electrons. The summed E-state index contributed by atoms with van der Waals surface area (Å²) in [6.07, 6.45) is 0. The fourth-order valence-corrected chi connectivity index (χ4v) is 6.05. The molecule has 3 N–H and O–H groups in total. The fraction of sp³-hybridized carbons (Fsp3) is 0.111. The standard InChI is InChI=1S/C27H25N7O4S2/c1-17-7-6-8-22(15-17)40(37,38)34-27-26(31-23-9-4-5-10-24(23)32-27)30-20-11-13-21(14-12-20)39(35,36)33-25-16-18(2)28-19(3)29-25/h4-16H,1-3H3,(H,30,31)(H,32,34)(H,28,29,33). The highest BCUT2D eigenvalue weighted by atomic mass is 32.2. The van der Waals surface area contributed by atoms with Crippen molar-refractivity contribution in [1.29, 1.82) is 0 Å². The van der Waals surface area contributed by atoms with E-state index in [9.17, 15) is 16.8 Å². The molecular formula is C27H25N7O4S2. The van der Waals surface area contributed by atoms with Crippen LogP contribution in [0.15, 0.2) is 88.7 Å². The van der Waals surface area contributed by atoms with Crippen molar-refractivity contribution in [2.75, 3.05) is 14.8 Å². The number of nitrogens with zero attached hydrogens (tertiary/aromatic N) is 4. The number of aryl methyl sites for hydroxylation is 3. The number of hydrogen-bond acceptors (Lipinski definition) is 9. The van der Waals surface area contributed by atoms with E-state index in [4.69, 9.17) is 0 Å². The Balaban J connectivity index is 1.44. The van der Waals surface area contributed by atoms with Gasteiger partial charge in [0.25, 0.3) is 20.0 Å². The Bertz CT molecular complexity index is 1930. The van der Waals surface area contributed by atoms with Gasteiger partial charge >= 0.3 is 0 Å². The largest absolute Gasteiger partial charge is 0.337 e. The van der Waals surface area contributed by atoms with Crippen molar-refractivity contribution in [3.05, 3.63) is 95.9 Å². The van der Waals surface area contributed by atoms with E-state index in [1.54, 1.807) is 75.4 Å². The topological polar surface area (TPSA) is 156 Å². The Labute approximate surface area is 231 Å². The van der Waals surface area contributed by atoms with Crippen molar-refractivity contribution in [3.63, 3.8) is 0 Å². The summed E-state index contributed by atoms with van der Waals surface area (Å²) in [6, 6.07) is 21.0. The van der Waals surface area contributed by atoms with Crippen LogP contribution in [-0.4, -0.2) is 36.8 Å². The molecule has 3 aromatic carbocycles. The third-order valence-corrected chi connectivity index (χ3v) is 8.44. The summed E-state index contributed by atoms with van der Waals surface area (Å²) in [7, 11) is -7.89. The predicted octanol–water partition coefficient (Wildman–Crippen LogP) is 4.69. The van der Waals surface area contributed by atoms with E-state index in [0.29, 0.717) is 28.2 Å². The molecule has 5 aromatic rings. The lowest BCUT2D eigenvalue weighted by molar-refractivity contribution is 0.599. The SMILES string of the molecule is Cc1cccc(S(=O)(=O)Nc2nc3ccccc3nc2Nc2ccc(S(=O)(=O)Nc3cc(C)nc(C)n3)cc2)c1. The molecule has 13 heteroatoms. The van der Waals surface area contributed by atoms with Gasteiger partial charge in [-0.2, -0.15) is 0 Å². The third-order valence-electron chi connectivity index (χ3n) is 5.73. The molecule has 5 rings (SSSR count). The van der Waals surface area contributed by atoms with Gasteiger partial charge in [0.05, 0.1) is 20.8 Å². The Morgan fingerprint density at radius 1 is 0.600 bits per heavy atom. The van der Waals surface area contributed by atoms with Crippen LogP contribution in [0.1, 0.15) is 17.1 Å². The van der Waals surface area contributed by atoms with E-state index in [1.807, 2.05) is 0 Å². The minimum atomic E-state index is -3.97. The van der Waals surface area contributed by atoms with Crippen LogP contribution >= 0.6 is 0 Å². The highest BCUT2D eigenvalue weighted by molar-refractivity contribution is 7.93. The first-order valence-corrected chi connectivity index (χ1v) is 15.0. The minimum Gasteiger partial charge on any atom is -0.337 e. The van der Waals surface area contributed by atoms with Gasteiger partial charge in [-0.25, -0.2) is 36.8 Å². The minimum absolute atomic E-state index is 0.00641. The number of fused-ring (bicyclic) bond motifs is 1. The molecule has 2 heterocycles. The quantitative estimate of drug-likeness (QED) is 0.239. The second kappa shape index (κ2) is 10.5. The van der Waals surface area contributed by atoms with Crippen LogP contribution in [0, 0.1) is 20.8 Å². The summed E-state index contributed by atoms with van der Waals surface area (Å²) in [6.45, 7) is 5.23. The molecule has 0 saturated carbocycles. The highest BCUT2D eigenvalue weighted by Gasteiger charge is 2.20. The lowest BCUT2D eigenvalue weighted by atomic mass is 10.2. The van der Waals surface area contributed by atoms with Gasteiger partial charge in [0, 0.05) is 17.4 Å². The number of aromatic nitrogens is 4. The summed E-state index contributed by atoms with van der Waals surface area (Å²) < 4.78 is 57.1. The molecule has 0 fully saturated rings. The Kier molecular flexibility index (Phi) is 7.08. The van der Waals surface area contributed by atoms with E-state index in [-0.39, 0.29) is 27.2 Å². The molecule has 0 radical (unpaired) electrons. The van der Waals surface area contributed by atoms with Gasteiger partial charge in [-0.15, -0.1) is 0 Å². The van der Waals surface area contributed by atoms with Crippen LogP contribution in [0.25, 0.3) is 11.0 Å². The lowest BCUT2D eigenvalue weighted by Gasteiger charge is -2.14. The number of benzene rings is 3. The Morgan fingerprint density at radius 3 is 1.90 bits per heavy atom. The zero-order valence-electron chi connectivity index (χ0n) is 21.7. The van der Waals surface area contributed by atoms with Crippen LogP contribution in [0.4, 0.5) is 23.1 Å². The highest BCUT2D eigenvalue weighted by Crippen LogP contribution is 2.28. The number of nitrogens with one attached hydrogen (secondary N) is 3. The van der Waals surface area contributed by atoms with E-state index in [1.165, 1.54) is 24.3 Å². The maximum absolute atomic E-state index is 13.2. The van der Waals surface area contributed by atoms with Crippen molar-refractivity contribution >= 4 is 54.2 Å². The number of rotatable bonds is 8. The van der Waals surface area contributed by atoms with Crippen LogP contribution in [0.3, 0.4) is 0 Å². The molecule has 11 nitrogen and oxygen atoms in total. The van der Waals surface area contributed by atoms with Crippen LogP contribution in [-0.2, 0) is 20.0 Å². The molecule has 0 unspecified atom stereocenters. The van der Waals surface area contributed by atoms with Gasteiger partial charge in [-0.05, 0) is 74.9 Å². The second-order valence-electron chi connectivity index (χ2n) is 9.03. The Hall–Kier alpha value is -4.62. The first kappa shape index (κ1) is 27.0. The van der Waals surface area contributed by atoms with Crippen molar-refractivity contribution in [2.24, 2.45) is 0 Å². The van der Waals surface area contributed by atoms with Crippen LogP contribution in [0.2, 0.25) is 0 Å². The predicted molar refractivity (Wildman–Crippen MR) is 154 cm³/mol. The molecule has 0 amide bonds. The van der Waals surface area contributed by atoms with Crippen LogP contribution in [0.5, 0.6) is 0 Å². The molecule has 0 saturated heterocycles. The molecule has 0 bridgehead atoms. The van der Waals surface area contributed by atoms with Gasteiger partial charge in [-0.3, -0.25) is 9.44 Å². The Morgan fingerprint density at radius 2 is 1.25 bits per heavy atom. The van der Waals surface area contributed by atoms with Crippen molar-refractivity contribution in [2.45, 2.75) is 30.6 Å². The molecule has 0 aliphatic carbocycles. The monoisotopic (exact) mass is 575 g/mol. The maximum atomic E-state index is 13.2. The third kappa shape index (κ3) is 6.00. The summed E-state index contributed by atoms with van der Waals surface area (Å²) >= 11 is 0. The normalized spacial score (nSPS) is 11.8. The number of anilines is 4. The number of para-hydroxylation sites is 2. The molecular weight excluding hydrogens is 550 g/mol. The number of hydrogen-bond donors (Lipinski definition) is 3. The van der Waals surface area contributed by atoms with E-state index in [2.05, 4.69) is 34.7 Å². The van der Waals surface area contributed by atoms with Gasteiger partial charge in [0.15, 0.2) is 11.6 Å². The second-order valence-corrected chi connectivity index (χ2v) is 12.4. The van der Waals surface area contributed by atoms with E-state index >= 15 is 0 Å². The average Bonchev–Trinajstić information content (AvgIpc) is 2.88. The van der Waals surface area contributed by atoms with Gasteiger partial charge in [0.2, 0.25) is 0 Å². The summed E-state index contributed by atoms with van der Waals surface area (Å²) in [5.74, 6) is 0.760. The van der Waals surface area contributed by atoms with Gasteiger partial charge in [0.1, 0.15) is 11.6 Å². The zero-order valence-corrected chi connectivity index (χ0v) is 23.4. The summed E-state index contributed by atoms with van der Waals surface area (Å²) in [5.41, 5.74) is 2.93. The smallest absolute Gasteiger partial charge is 0.263 e. The molecule has 0 spiro atoms. The molecule has 0 aliphatic rings. The van der Waals surface area contributed by atoms with E-state index < -0.39 is 20.0 Å². The first-order valence-electron chi connectivity index (χ1n) is 12.1. The van der Waals surface area contributed by atoms with E-state index in [0.717, 1.165) is 5.56 Å². The first-order chi connectivity index (χ1) is 19.0. The summed E-state index contributed by atoms with van der Waals surface area (Å²) in [5, 5.41) is 3.06. The summed E-state index contributed by atoms with van der Waals surface area (Å²) in [4.78, 5) is 17.4. The molecule has 2 aromatic heterocycles. The maximum Gasteiger partial charge on any atom is 0.263 e. The van der Waals surface area contributed by atoms with Crippen molar-refractivity contribution < 1.29 is 16.8 Å². The average molecular weight is 576 g/mol. The molecule has 0 atom stereocenters. The molecule has 40 heavy (non-hydrogen) atoms. The van der Waals surface area contributed by atoms with Crippen molar-refractivity contribution in [3.8, 4) is 0 Å². The fourth-order valence-electron chi connectivity index (χ4n) is 3.95. The zero-order chi connectivity index (χ0) is 28.5. The number of sulfonamides is 2. The van der Waals surface area contributed by atoms with Crippen LogP contribution < -0.4 is 14.8 Å². The molecule has 0 aliphatic heterocycles. The lowest BCUT2D eigenvalue weighted by Crippen LogP contribution is -2.16. The van der Waals surface area contributed by atoms with Crippen molar-refractivity contribution in [1.82, 2.24) is 19.9 Å².